The molecule has 0 aromatic heterocycles. The summed E-state index contributed by atoms with van der Waals surface area (Å²) in [5.41, 5.74) is 0. The van der Waals surface area contributed by atoms with E-state index in [4.69, 9.17) is 18.9 Å². The Morgan fingerprint density at radius 1 is 0.500 bits per heavy atom. The highest BCUT2D eigenvalue weighted by molar-refractivity contribution is 5.09. The molecule has 6 heteroatoms. The summed E-state index contributed by atoms with van der Waals surface area (Å²) in [6.45, 7) is 0. The predicted molar refractivity (Wildman–Crippen MR) is 83.1 cm³/mol. The van der Waals surface area contributed by atoms with Crippen LogP contribution in [0.3, 0.4) is 0 Å². The Hall–Kier alpha value is -0.240. The van der Waals surface area contributed by atoms with Crippen molar-refractivity contribution in [2.45, 2.75) is 112 Å². The van der Waals surface area contributed by atoms with E-state index in [9.17, 15) is 10.2 Å². The van der Waals surface area contributed by atoms with Gasteiger partial charge < -0.3 is 29.2 Å². The third-order valence-corrected chi connectivity index (χ3v) is 6.63. The van der Waals surface area contributed by atoms with Crippen molar-refractivity contribution in [3.8, 4) is 0 Å². The molecule has 5 fully saturated rings. The fraction of sp³-hybridized carbons (Fsp3) is 1.00. The standard InChI is InChI=1S/C18H28O6/c19-11-13-14(22-17(21-13)7-3-1-4-8-17)12(20)16-15(11)23-18(24-16)9-5-2-6-10-18/h11-16,19-20H,1-10H2/t11?,12?,13-,14?,15?,16+. The monoisotopic (exact) mass is 340 g/mol. The van der Waals surface area contributed by atoms with E-state index < -0.39 is 48.2 Å². The maximum absolute atomic E-state index is 10.9. The van der Waals surface area contributed by atoms with Crippen LogP contribution in [-0.2, 0) is 18.9 Å². The Morgan fingerprint density at radius 3 is 1.08 bits per heavy atom. The number of aliphatic hydroxyl groups is 2. The largest absolute Gasteiger partial charge is 0.387 e. The molecule has 0 aromatic carbocycles. The lowest BCUT2D eigenvalue weighted by atomic mass is 9.85. The molecule has 4 unspecified atom stereocenters. The molecule has 2 N–H and O–H groups in total. The number of ether oxygens (including phenoxy) is 4. The van der Waals surface area contributed by atoms with E-state index in [0.29, 0.717) is 0 Å². The fourth-order valence-electron chi connectivity index (χ4n) is 5.40. The molecule has 6 atom stereocenters. The highest BCUT2D eigenvalue weighted by Crippen LogP contribution is 2.50. The molecule has 2 aliphatic heterocycles. The van der Waals surface area contributed by atoms with Gasteiger partial charge in [-0.3, -0.25) is 0 Å². The minimum Gasteiger partial charge on any atom is -0.387 e. The first-order valence-electron chi connectivity index (χ1n) is 9.69. The van der Waals surface area contributed by atoms with Gasteiger partial charge in [-0.1, -0.05) is 12.8 Å². The van der Waals surface area contributed by atoms with Crippen LogP contribution in [0.4, 0.5) is 0 Å². The van der Waals surface area contributed by atoms with Crippen LogP contribution < -0.4 is 0 Å². The van der Waals surface area contributed by atoms with Gasteiger partial charge in [-0.2, -0.15) is 0 Å². The zero-order valence-corrected chi connectivity index (χ0v) is 14.1. The third kappa shape index (κ3) is 2.31. The van der Waals surface area contributed by atoms with Gasteiger partial charge in [0.25, 0.3) is 0 Å². The van der Waals surface area contributed by atoms with Gasteiger partial charge >= 0.3 is 0 Å². The van der Waals surface area contributed by atoms with E-state index in [1.54, 1.807) is 0 Å². The van der Waals surface area contributed by atoms with Crippen molar-refractivity contribution in [3.63, 3.8) is 0 Å². The van der Waals surface area contributed by atoms with Gasteiger partial charge in [-0.25, -0.2) is 0 Å². The number of hydrogen-bond acceptors (Lipinski definition) is 6. The number of rotatable bonds is 0. The van der Waals surface area contributed by atoms with Crippen LogP contribution in [0, 0.1) is 0 Å². The second-order valence-electron chi connectivity index (χ2n) is 8.25. The first-order chi connectivity index (χ1) is 11.6. The maximum atomic E-state index is 10.9. The van der Waals surface area contributed by atoms with Crippen molar-refractivity contribution < 1.29 is 29.2 Å². The van der Waals surface area contributed by atoms with Crippen molar-refractivity contribution in [1.82, 2.24) is 0 Å². The molecule has 24 heavy (non-hydrogen) atoms. The molecule has 6 nitrogen and oxygen atoms in total. The Balaban J connectivity index is 1.38. The van der Waals surface area contributed by atoms with Crippen LogP contribution in [0.15, 0.2) is 0 Å². The number of hydrogen-bond donors (Lipinski definition) is 2. The molecular formula is C18H28O6. The maximum Gasteiger partial charge on any atom is 0.169 e. The average Bonchev–Trinajstić information content (AvgIpc) is 3.14. The highest BCUT2D eigenvalue weighted by atomic mass is 16.8. The van der Waals surface area contributed by atoms with Crippen molar-refractivity contribution in [3.05, 3.63) is 0 Å². The van der Waals surface area contributed by atoms with Gasteiger partial charge in [0.05, 0.1) is 0 Å². The van der Waals surface area contributed by atoms with Crippen LogP contribution in [0.5, 0.6) is 0 Å². The molecule has 0 radical (unpaired) electrons. The average molecular weight is 340 g/mol. The number of fused-ring (bicyclic) bond motifs is 2. The summed E-state index contributed by atoms with van der Waals surface area (Å²) in [5, 5.41) is 21.7. The molecule has 2 spiro atoms. The second kappa shape index (κ2) is 5.63. The van der Waals surface area contributed by atoms with E-state index in [0.717, 1.165) is 51.4 Å². The second-order valence-corrected chi connectivity index (χ2v) is 8.25. The Bertz CT molecular complexity index is 412. The molecule has 136 valence electrons. The SMILES string of the molecule is OC1C2OC3(CCCCC3)O[C@H]2C(O)C2OC3(CCCCC3)O[C@H]12. The van der Waals surface area contributed by atoms with Crippen LogP contribution in [0.2, 0.25) is 0 Å². The van der Waals surface area contributed by atoms with Crippen LogP contribution in [0.25, 0.3) is 0 Å². The molecule has 5 aliphatic rings. The van der Waals surface area contributed by atoms with Gasteiger partial charge in [0.15, 0.2) is 11.6 Å². The van der Waals surface area contributed by atoms with Gasteiger partial charge in [0, 0.05) is 25.7 Å². The van der Waals surface area contributed by atoms with Crippen molar-refractivity contribution in [2.24, 2.45) is 0 Å². The fourth-order valence-corrected chi connectivity index (χ4v) is 5.40. The van der Waals surface area contributed by atoms with Crippen LogP contribution >= 0.6 is 0 Å². The molecule has 3 aliphatic carbocycles. The van der Waals surface area contributed by atoms with Gasteiger partial charge in [-0.05, 0) is 25.7 Å². The zero-order chi connectivity index (χ0) is 16.4. The molecule has 5 rings (SSSR count). The minimum absolute atomic E-state index is 0.526. The zero-order valence-electron chi connectivity index (χ0n) is 14.1. The Morgan fingerprint density at radius 2 is 0.792 bits per heavy atom. The number of aliphatic hydroxyl groups excluding tert-OH is 2. The summed E-state index contributed by atoms with van der Waals surface area (Å²) in [6, 6.07) is 0. The van der Waals surface area contributed by atoms with E-state index in [1.807, 2.05) is 0 Å². The summed E-state index contributed by atoms with van der Waals surface area (Å²) in [4.78, 5) is 0. The Kier molecular flexibility index (Phi) is 3.75. The summed E-state index contributed by atoms with van der Waals surface area (Å²) in [6.07, 6.45) is 6.24. The molecule has 3 saturated carbocycles. The first-order valence-corrected chi connectivity index (χ1v) is 9.69. The van der Waals surface area contributed by atoms with Crippen LogP contribution in [0.1, 0.15) is 64.2 Å². The Labute approximate surface area is 142 Å². The lowest BCUT2D eigenvalue weighted by molar-refractivity contribution is -0.224. The lowest BCUT2D eigenvalue weighted by Gasteiger charge is -2.38. The minimum atomic E-state index is -0.814. The summed E-state index contributed by atoms with van der Waals surface area (Å²) in [5.74, 6) is -1.26. The summed E-state index contributed by atoms with van der Waals surface area (Å²) in [7, 11) is 0. The first kappa shape index (κ1) is 16.0. The van der Waals surface area contributed by atoms with Crippen molar-refractivity contribution in [1.29, 1.82) is 0 Å². The van der Waals surface area contributed by atoms with Crippen LogP contribution in [-0.4, -0.2) is 58.4 Å². The van der Waals surface area contributed by atoms with E-state index in [1.165, 1.54) is 12.8 Å². The normalized spacial score (nSPS) is 49.2. The van der Waals surface area contributed by atoms with E-state index in [2.05, 4.69) is 0 Å². The van der Waals surface area contributed by atoms with Crippen molar-refractivity contribution >= 4 is 0 Å². The third-order valence-electron chi connectivity index (χ3n) is 6.63. The topological polar surface area (TPSA) is 77.4 Å². The summed E-state index contributed by atoms with van der Waals surface area (Å²) < 4.78 is 24.8. The molecule has 0 bridgehead atoms. The van der Waals surface area contributed by atoms with E-state index in [-0.39, 0.29) is 0 Å². The van der Waals surface area contributed by atoms with Gasteiger partial charge in [-0.15, -0.1) is 0 Å². The molecule has 2 heterocycles. The quantitative estimate of drug-likeness (QED) is 0.698. The van der Waals surface area contributed by atoms with Gasteiger partial charge in [0.2, 0.25) is 0 Å². The molecular weight excluding hydrogens is 312 g/mol. The molecule has 0 amide bonds. The lowest BCUT2D eigenvalue weighted by Crippen LogP contribution is -2.61. The molecule has 0 aromatic rings. The summed E-state index contributed by atoms with van der Waals surface area (Å²) >= 11 is 0. The predicted octanol–water partition coefficient (Wildman–Crippen LogP) is 1.61. The van der Waals surface area contributed by atoms with Gasteiger partial charge in [0.1, 0.15) is 36.6 Å². The smallest absolute Gasteiger partial charge is 0.169 e. The van der Waals surface area contributed by atoms with Crippen molar-refractivity contribution in [2.75, 3.05) is 0 Å². The molecule has 2 saturated heterocycles. The highest BCUT2D eigenvalue weighted by Gasteiger charge is 2.65. The van der Waals surface area contributed by atoms with E-state index >= 15 is 0 Å².